The number of carbonyl (C=O) groups excluding carboxylic acids is 1. The van der Waals surface area contributed by atoms with Crippen LogP contribution in [0.2, 0.25) is 0 Å². The number of ketones is 1. The van der Waals surface area contributed by atoms with Crippen LogP contribution in [0.25, 0.3) is 0 Å². The molecule has 2 atom stereocenters. The molecule has 18 heavy (non-hydrogen) atoms. The van der Waals surface area contributed by atoms with Crippen molar-refractivity contribution < 1.29 is 9.53 Å². The molecule has 96 valence electrons. The van der Waals surface area contributed by atoms with Crippen molar-refractivity contribution in [3.63, 3.8) is 0 Å². The maximum absolute atomic E-state index is 12.4. The van der Waals surface area contributed by atoms with Crippen molar-refractivity contribution in [1.82, 2.24) is 0 Å². The van der Waals surface area contributed by atoms with Crippen molar-refractivity contribution in [3.05, 3.63) is 42.0 Å². The number of Topliss-reactive ketones (excluding diaryl/α,β-unsaturated/α-hetero) is 1. The van der Waals surface area contributed by atoms with Gasteiger partial charge in [-0.15, -0.1) is 0 Å². The summed E-state index contributed by atoms with van der Waals surface area (Å²) in [6.45, 7) is 2.67. The Balaban J connectivity index is 2.17. The normalized spacial score (nSPS) is 22.1. The van der Waals surface area contributed by atoms with Gasteiger partial charge in [0.15, 0.2) is 5.78 Å². The molecule has 0 spiro atoms. The highest BCUT2D eigenvalue weighted by Gasteiger charge is 2.25. The molecular weight excluding hydrogens is 226 g/mol. The van der Waals surface area contributed by atoms with Gasteiger partial charge in [0.1, 0.15) is 5.75 Å². The molecule has 2 unspecified atom stereocenters. The third kappa shape index (κ3) is 2.79. The number of allylic oxidation sites excluding steroid dienone is 1. The third-order valence-corrected chi connectivity index (χ3v) is 3.07. The van der Waals surface area contributed by atoms with E-state index in [-0.39, 0.29) is 17.7 Å². The lowest BCUT2D eigenvalue weighted by Gasteiger charge is -2.13. The van der Waals surface area contributed by atoms with Crippen LogP contribution in [0, 0.1) is 5.92 Å². The SMILES string of the molecule is CCCOc1ccccc1C(=O)C1C=CC(N)C1. The van der Waals surface area contributed by atoms with E-state index < -0.39 is 0 Å². The minimum atomic E-state index is -0.105. The fraction of sp³-hybridized carbons (Fsp3) is 0.400. The van der Waals surface area contributed by atoms with Crippen molar-refractivity contribution in [3.8, 4) is 5.75 Å². The second-order valence-electron chi connectivity index (χ2n) is 4.60. The molecular formula is C15H19NO2. The average molecular weight is 245 g/mol. The van der Waals surface area contributed by atoms with E-state index >= 15 is 0 Å². The second-order valence-corrected chi connectivity index (χ2v) is 4.60. The molecule has 3 nitrogen and oxygen atoms in total. The topological polar surface area (TPSA) is 52.3 Å². The number of para-hydroxylation sites is 1. The van der Waals surface area contributed by atoms with Crippen LogP contribution in [0.15, 0.2) is 36.4 Å². The number of benzene rings is 1. The lowest BCUT2D eigenvalue weighted by Crippen LogP contribution is -2.19. The van der Waals surface area contributed by atoms with Crippen LogP contribution in [0.3, 0.4) is 0 Å². The summed E-state index contributed by atoms with van der Waals surface area (Å²) < 4.78 is 5.62. The number of hydrogen-bond acceptors (Lipinski definition) is 3. The van der Waals surface area contributed by atoms with E-state index in [9.17, 15) is 4.79 Å². The molecule has 0 fully saturated rings. The third-order valence-electron chi connectivity index (χ3n) is 3.07. The first kappa shape index (κ1) is 12.8. The van der Waals surface area contributed by atoms with Crippen molar-refractivity contribution in [2.75, 3.05) is 6.61 Å². The first-order chi connectivity index (χ1) is 8.72. The van der Waals surface area contributed by atoms with E-state index in [0.29, 0.717) is 24.3 Å². The Morgan fingerprint density at radius 3 is 2.83 bits per heavy atom. The molecule has 0 bridgehead atoms. The Hall–Kier alpha value is -1.61. The highest BCUT2D eigenvalue weighted by atomic mass is 16.5. The van der Waals surface area contributed by atoms with Gasteiger partial charge in [-0.2, -0.15) is 0 Å². The fourth-order valence-electron chi connectivity index (χ4n) is 2.13. The largest absolute Gasteiger partial charge is 0.493 e. The summed E-state index contributed by atoms with van der Waals surface area (Å²) in [6, 6.07) is 7.43. The van der Waals surface area contributed by atoms with E-state index in [2.05, 4.69) is 0 Å². The van der Waals surface area contributed by atoms with Gasteiger partial charge in [0.2, 0.25) is 0 Å². The van der Waals surface area contributed by atoms with Gasteiger partial charge in [0.25, 0.3) is 0 Å². The number of carbonyl (C=O) groups is 1. The Morgan fingerprint density at radius 1 is 1.39 bits per heavy atom. The monoisotopic (exact) mass is 245 g/mol. The van der Waals surface area contributed by atoms with E-state index in [1.54, 1.807) is 0 Å². The van der Waals surface area contributed by atoms with E-state index in [0.717, 1.165) is 6.42 Å². The van der Waals surface area contributed by atoms with E-state index in [1.807, 2.05) is 43.3 Å². The summed E-state index contributed by atoms with van der Waals surface area (Å²) in [6.07, 6.45) is 5.43. The zero-order chi connectivity index (χ0) is 13.0. The summed E-state index contributed by atoms with van der Waals surface area (Å²) in [5.41, 5.74) is 6.45. The zero-order valence-electron chi connectivity index (χ0n) is 10.6. The molecule has 0 saturated heterocycles. The maximum atomic E-state index is 12.4. The van der Waals surface area contributed by atoms with Crippen molar-refractivity contribution in [2.45, 2.75) is 25.8 Å². The smallest absolute Gasteiger partial charge is 0.173 e. The van der Waals surface area contributed by atoms with Gasteiger partial charge >= 0.3 is 0 Å². The molecule has 0 saturated carbocycles. The maximum Gasteiger partial charge on any atom is 0.173 e. The van der Waals surface area contributed by atoms with Gasteiger partial charge in [-0.1, -0.05) is 31.2 Å². The quantitative estimate of drug-likeness (QED) is 0.640. The molecule has 3 heteroatoms. The highest BCUT2D eigenvalue weighted by Crippen LogP contribution is 2.26. The minimum absolute atomic E-state index is 0.00247. The summed E-state index contributed by atoms with van der Waals surface area (Å²) >= 11 is 0. The molecule has 0 aliphatic heterocycles. The standard InChI is InChI=1S/C15H19NO2/c1-2-9-18-14-6-4-3-5-13(14)15(17)11-7-8-12(16)10-11/h3-8,11-12H,2,9-10,16H2,1H3. The van der Waals surface area contributed by atoms with E-state index in [4.69, 9.17) is 10.5 Å². The van der Waals surface area contributed by atoms with Crippen molar-refractivity contribution >= 4 is 5.78 Å². The van der Waals surface area contributed by atoms with Crippen LogP contribution in [0.5, 0.6) is 5.75 Å². The number of hydrogen-bond donors (Lipinski definition) is 1. The Bertz CT molecular complexity index is 454. The number of ether oxygens (including phenoxy) is 1. The molecule has 2 rings (SSSR count). The predicted octanol–water partition coefficient (Wildman–Crippen LogP) is 2.56. The molecule has 1 aliphatic carbocycles. The summed E-state index contributed by atoms with van der Waals surface area (Å²) in [4.78, 5) is 12.4. The second kappa shape index (κ2) is 5.83. The average Bonchev–Trinajstić information content (AvgIpc) is 2.82. The van der Waals surface area contributed by atoms with Gasteiger partial charge in [-0.25, -0.2) is 0 Å². The molecule has 0 aromatic heterocycles. The van der Waals surface area contributed by atoms with E-state index in [1.165, 1.54) is 0 Å². The molecule has 0 radical (unpaired) electrons. The van der Waals surface area contributed by atoms with Crippen molar-refractivity contribution in [1.29, 1.82) is 0 Å². The van der Waals surface area contributed by atoms with Crippen LogP contribution in [0.1, 0.15) is 30.1 Å². The first-order valence-corrected chi connectivity index (χ1v) is 6.42. The van der Waals surface area contributed by atoms with Gasteiger partial charge < -0.3 is 10.5 Å². The Labute approximate surface area is 108 Å². The molecule has 0 heterocycles. The summed E-state index contributed by atoms with van der Waals surface area (Å²) in [5, 5.41) is 0. The lowest BCUT2D eigenvalue weighted by atomic mass is 9.96. The lowest BCUT2D eigenvalue weighted by molar-refractivity contribution is 0.0939. The van der Waals surface area contributed by atoms with Crippen LogP contribution in [-0.2, 0) is 0 Å². The van der Waals surface area contributed by atoms with Gasteiger partial charge in [-0.3, -0.25) is 4.79 Å². The zero-order valence-corrected chi connectivity index (χ0v) is 10.6. The highest BCUT2D eigenvalue weighted by molar-refractivity contribution is 6.01. The minimum Gasteiger partial charge on any atom is -0.493 e. The van der Waals surface area contributed by atoms with Gasteiger partial charge in [-0.05, 0) is 25.0 Å². The first-order valence-electron chi connectivity index (χ1n) is 6.42. The van der Waals surface area contributed by atoms with Crippen LogP contribution in [-0.4, -0.2) is 18.4 Å². The van der Waals surface area contributed by atoms with Crippen LogP contribution < -0.4 is 10.5 Å². The van der Waals surface area contributed by atoms with Crippen LogP contribution in [0.4, 0.5) is 0 Å². The molecule has 1 aromatic carbocycles. The predicted molar refractivity (Wildman–Crippen MR) is 71.8 cm³/mol. The Kier molecular flexibility index (Phi) is 4.15. The molecule has 0 amide bonds. The van der Waals surface area contributed by atoms with Crippen LogP contribution >= 0.6 is 0 Å². The Morgan fingerprint density at radius 2 is 2.17 bits per heavy atom. The summed E-state index contributed by atoms with van der Waals surface area (Å²) in [7, 11) is 0. The van der Waals surface area contributed by atoms with Crippen molar-refractivity contribution in [2.24, 2.45) is 11.7 Å². The summed E-state index contributed by atoms with van der Waals surface area (Å²) in [5.74, 6) is 0.676. The molecule has 2 N–H and O–H groups in total. The molecule has 1 aromatic rings. The van der Waals surface area contributed by atoms with Gasteiger partial charge in [0, 0.05) is 12.0 Å². The number of nitrogens with two attached hydrogens (primary N) is 1. The molecule has 1 aliphatic rings. The fourth-order valence-corrected chi connectivity index (χ4v) is 2.13. The van der Waals surface area contributed by atoms with Gasteiger partial charge in [0.05, 0.1) is 12.2 Å². The number of rotatable bonds is 5.